The van der Waals surface area contributed by atoms with Gasteiger partial charge in [0.05, 0.1) is 16.8 Å². The lowest BCUT2D eigenvalue weighted by Gasteiger charge is -2.02. The molecule has 0 atom stereocenters. The quantitative estimate of drug-likeness (QED) is 0.708. The number of carbonyl (C=O) groups excluding carboxylic acids is 1. The number of benzene rings is 1. The summed E-state index contributed by atoms with van der Waals surface area (Å²) in [7, 11) is 0. The van der Waals surface area contributed by atoms with Crippen LogP contribution in [0.3, 0.4) is 0 Å². The summed E-state index contributed by atoms with van der Waals surface area (Å²) in [6, 6.07) is 9.40. The van der Waals surface area contributed by atoms with Crippen molar-refractivity contribution in [1.82, 2.24) is 4.98 Å². The predicted octanol–water partition coefficient (Wildman–Crippen LogP) is 3.10. The number of nitrogens with two attached hydrogens (primary N) is 1. The highest BCUT2D eigenvalue weighted by Crippen LogP contribution is 2.27. The van der Waals surface area contributed by atoms with Gasteiger partial charge in [-0.05, 0) is 29.6 Å². The minimum absolute atomic E-state index is 0.00989. The molecule has 0 bridgehead atoms. The number of hydrogen-bond donors (Lipinski definition) is 2. The van der Waals surface area contributed by atoms with Gasteiger partial charge < -0.3 is 10.5 Å². The Bertz CT molecular complexity index is 753. The van der Waals surface area contributed by atoms with Gasteiger partial charge in [-0.1, -0.05) is 17.4 Å². The van der Waals surface area contributed by atoms with Crippen molar-refractivity contribution < 1.29 is 9.53 Å². The topological polar surface area (TPSA) is 77.2 Å². The first-order valence-corrected chi connectivity index (χ1v) is 7.96. The fraction of sp³-hybridized carbons (Fsp3) is 0.143. The summed E-state index contributed by atoms with van der Waals surface area (Å²) in [5.74, 6) is -0.210. The van der Waals surface area contributed by atoms with E-state index in [2.05, 4.69) is 10.3 Å². The zero-order valence-corrected chi connectivity index (χ0v) is 12.7. The maximum absolute atomic E-state index is 11.8. The number of carbonyl (C=O) groups is 1. The van der Waals surface area contributed by atoms with Gasteiger partial charge in [0.1, 0.15) is 6.61 Å². The first-order valence-electron chi connectivity index (χ1n) is 6.27. The Morgan fingerprint density at radius 1 is 1.38 bits per heavy atom. The lowest BCUT2D eigenvalue weighted by Crippen LogP contribution is -2.17. The Hall–Kier alpha value is -1.96. The molecular weight excluding hydrogens is 306 g/mol. The van der Waals surface area contributed by atoms with Gasteiger partial charge in [0.2, 0.25) is 0 Å². The van der Waals surface area contributed by atoms with E-state index in [9.17, 15) is 4.79 Å². The van der Waals surface area contributed by atoms with Gasteiger partial charge in [-0.3, -0.25) is 10.1 Å². The number of rotatable bonds is 5. The molecule has 1 aromatic carbocycles. The number of nitrogens with one attached hydrogen (secondary N) is 1. The van der Waals surface area contributed by atoms with Crippen molar-refractivity contribution in [3.8, 4) is 0 Å². The molecule has 0 radical (unpaired) electrons. The molecule has 0 aliphatic carbocycles. The maximum atomic E-state index is 11.8. The van der Waals surface area contributed by atoms with E-state index in [1.165, 1.54) is 11.3 Å². The third-order valence-electron chi connectivity index (χ3n) is 2.72. The van der Waals surface area contributed by atoms with Crippen LogP contribution in [0.25, 0.3) is 10.2 Å². The van der Waals surface area contributed by atoms with E-state index in [1.807, 2.05) is 29.6 Å². The van der Waals surface area contributed by atoms with Crippen LogP contribution in [0.15, 0.2) is 35.7 Å². The molecule has 3 rings (SSSR count). The third-order valence-corrected chi connectivity index (χ3v) is 4.50. The van der Waals surface area contributed by atoms with Crippen LogP contribution in [0.1, 0.15) is 4.88 Å². The maximum Gasteiger partial charge on any atom is 0.252 e. The van der Waals surface area contributed by atoms with Gasteiger partial charge >= 0.3 is 0 Å². The minimum atomic E-state index is -0.210. The molecule has 3 aromatic rings. The first kappa shape index (κ1) is 14.0. The van der Waals surface area contributed by atoms with Crippen LogP contribution in [0.2, 0.25) is 0 Å². The number of ether oxygens (including phenoxy) is 1. The van der Waals surface area contributed by atoms with Crippen LogP contribution in [-0.4, -0.2) is 17.5 Å². The fourth-order valence-electron chi connectivity index (χ4n) is 1.79. The van der Waals surface area contributed by atoms with E-state index in [1.54, 1.807) is 17.4 Å². The Balaban J connectivity index is 1.55. The van der Waals surface area contributed by atoms with E-state index >= 15 is 0 Å². The van der Waals surface area contributed by atoms with Crippen molar-refractivity contribution in [2.75, 3.05) is 17.7 Å². The molecule has 0 unspecified atom stereocenters. The van der Waals surface area contributed by atoms with Gasteiger partial charge in [0.15, 0.2) is 5.13 Å². The molecule has 21 heavy (non-hydrogen) atoms. The third kappa shape index (κ3) is 3.57. The molecule has 0 saturated heterocycles. The lowest BCUT2D eigenvalue weighted by molar-refractivity contribution is -0.120. The zero-order chi connectivity index (χ0) is 14.7. The summed E-state index contributed by atoms with van der Waals surface area (Å²) in [6.45, 7) is 0.456. The number of hydrogen-bond acceptors (Lipinski definition) is 6. The second-order valence-corrected chi connectivity index (χ2v) is 6.43. The average molecular weight is 319 g/mol. The summed E-state index contributed by atoms with van der Waals surface area (Å²) >= 11 is 3.00. The van der Waals surface area contributed by atoms with Crippen molar-refractivity contribution in [2.24, 2.45) is 0 Å². The molecule has 0 spiro atoms. The number of thiophene rings is 1. The Morgan fingerprint density at radius 2 is 2.29 bits per heavy atom. The Morgan fingerprint density at radius 3 is 3.10 bits per heavy atom. The van der Waals surface area contributed by atoms with Crippen LogP contribution in [0, 0.1) is 0 Å². The van der Waals surface area contributed by atoms with Crippen molar-refractivity contribution in [1.29, 1.82) is 0 Å². The number of aromatic nitrogens is 1. The SMILES string of the molecule is Nc1ccc2nc(NC(=O)COCc3cccs3)sc2c1. The molecule has 7 heteroatoms. The first-order chi connectivity index (χ1) is 10.2. The number of amides is 1. The zero-order valence-electron chi connectivity index (χ0n) is 11.0. The molecule has 0 aliphatic rings. The number of thiazole rings is 1. The molecule has 2 aromatic heterocycles. The average Bonchev–Trinajstić information content (AvgIpc) is 3.07. The highest BCUT2D eigenvalue weighted by atomic mass is 32.1. The van der Waals surface area contributed by atoms with Crippen molar-refractivity contribution in [3.63, 3.8) is 0 Å². The van der Waals surface area contributed by atoms with Gasteiger partial charge in [-0.15, -0.1) is 11.3 Å². The van der Waals surface area contributed by atoms with Crippen LogP contribution in [0.5, 0.6) is 0 Å². The minimum Gasteiger partial charge on any atom is -0.399 e. The van der Waals surface area contributed by atoms with Crippen LogP contribution in [0.4, 0.5) is 10.8 Å². The molecule has 1 amide bonds. The number of nitrogens with zero attached hydrogens (tertiary/aromatic N) is 1. The molecule has 0 fully saturated rings. The Kier molecular flexibility index (Phi) is 4.14. The van der Waals surface area contributed by atoms with Crippen molar-refractivity contribution in [2.45, 2.75) is 6.61 Å². The summed E-state index contributed by atoms with van der Waals surface area (Å²) in [5.41, 5.74) is 7.23. The van der Waals surface area contributed by atoms with Crippen molar-refractivity contribution in [3.05, 3.63) is 40.6 Å². The van der Waals surface area contributed by atoms with E-state index in [4.69, 9.17) is 10.5 Å². The lowest BCUT2D eigenvalue weighted by atomic mass is 10.3. The van der Waals surface area contributed by atoms with Crippen molar-refractivity contribution >= 4 is 49.6 Å². The van der Waals surface area contributed by atoms with Gasteiger partial charge in [0, 0.05) is 10.6 Å². The Labute approximate surface area is 129 Å². The molecule has 0 saturated carbocycles. The molecule has 108 valence electrons. The van der Waals surface area contributed by atoms with E-state index in [-0.39, 0.29) is 12.5 Å². The highest BCUT2D eigenvalue weighted by molar-refractivity contribution is 7.22. The van der Waals surface area contributed by atoms with Gasteiger partial charge in [0.25, 0.3) is 5.91 Å². The molecule has 5 nitrogen and oxygen atoms in total. The normalized spacial score (nSPS) is 10.9. The predicted molar refractivity (Wildman–Crippen MR) is 86.6 cm³/mol. The smallest absolute Gasteiger partial charge is 0.252 e. The summed E-state index contributed by atoms with van der Waals surface area (Å²) in [6.07, 6.45) is 0. The van der Waals surface area contributed by atoms with Crippen LogP contribution < -0.4 is 11.1 Å². The van der Waals surface area contributed by atoms with E-state index in [0.717, 1.165) is 15.1 Å². The summed E-state index contributed by atoms with van der Waals surface area (Å²) < 4.78 is 6.31. The second kappa shape index (κ2) is 6.21. The largest absolute Gasteiger partial charge is 0.399 e. The summed E-state index contributed by atoms with van der Waals surface area (Å²) in [4.78, 5) is 17.2. The molecule has 0 aliphatic heterocycles. The molecule has 3 N–H and O–H groups in total. The van der Waals surface area contributed by atoms with Crippen LogP contribution in [-0.2, 0) is 16.1 Å². The highest BCUT2D eigenvalue weighted by Gasteiger charge is 2.08. The fourth-order valence-corrected chi connectivity index (χ4v) is 3.36. The van der Waals surface area contributed by atoms with Crippen LogP contribution >= 0.6 is 22.7 Å². The molecular formula is C14H13N3O2S2. The number of anilines is 2. The standard InChI is InChI=1S/C14H13N3O2S2/c15-9-3-4-11-12(6-9)21-14(16-11)17-13(18)8-19-7-10-2-1-5-20-10/h1-6H,7-8,15H2,(H,16,17,18). The number of nitrogen functional groups attached to an aromatic ring is 1. The van der Waals surface area contributed by atoms with Gasteiger partial charge in [-0.25, -0.2) is 4.98 Å². The monoisotopic (exact) mass is 319 g/mol. The second-order valence-electron chi connectivity index (χ2n) is 4.37. The van der Waals surface area contributed by atoms with E-state index in [0.29, 0.717) is 17.4 Å². The summed E-state index contributed by atoms with van der Waals surface area (Å²) in [5, 5.41) is 5.27. The van der Waals surface area contributed by atoms with E-state index < -0.39 is 0 Å². The molecule has 2 heterocycles. The van der Waals surface area contributed by atoms with Gasteiger partial charge in [-0.2, -0.15) is 0 Å². The number of fused-ring (bicyclic) bond motifs is 1.